The average Bonchev–Trinajstić information content (AvgIpc) is 3.02. The van der Waals surface area contributed by atoms with Crippen LogP contribution in [0.2, 0.25) is 10.0 Å². The molecule has 3 aromatic rings. The summed E-state index contributed by atoms with van der Waals surface area (Å²) in [6.07, 6.45) is 0. The highest BCUT2D eigenvalue weighted by atomic mass is 35.5. The third-order valence-corrected chi connectivity index (χ3v) is 6.65. The molecule has 1 heterocycles. The first-order valence-corrected chi connectivity index (χ1v) is 11.5. The number of aryl methyl sites for hydroxylation is 2. The first-order valence-electron chi connectivity index (χ1n) is 9.73. The van der Waals surface area contributed by atoms with Crippen LogP contribution in [0.15, 0.2) is 35.5 Å². The van der Waals surface area contributed by atoms with Crippen molar-refractivity contribution in [1.82, 2.24) is 14.8 Å². The maximum atomic E-state index is 6.40. The fraction of sp³-hybridized carbons (Fsp3) is 0.391. The molecular formula is C23H27Cl2N3S. The maximum absolute atomic E-state index is 6.40. The molecule has 0 aliphatic rings. The molecule has 29 heavy (non-hydrogen) atoms. The lowest BCUT2D eigenvalue weighted by molar-refractivity contribution is 0.589. The highest BCUT2D eigenvalue weighted by Crippen LogP contribution is 2.34. The lowest BCUT2D eigenvalue weighted by Crippen LogP contribution is -2.12. The SMILES string of the molecule is CCn1c(SCc2c(C)cc(C(C)(C)C)cc2C)nnc1-c1ccc(Cl)cc1Cl. The summed E-state index contributed by atoms with van der Waals surface area (Å²) in [6, 6.07) is 10.1. The van der Waals surface area contributed by atoms with Crippen LogP contribution >= 0.6 is 35.0 Å². The van der Waals surface area contributed by atoms with Crippen molar-refractivity contribution in [2.24, 2.45) is 0 Å². The second-order valence-corrected chi connectivity index (χ2v) is 10.1. The minimum atomic E-state index is 0.149. The van der Waals surface area contributed by atoms with Crippen LogP contribution in [0.3, 0.4) is 0 Å². The molecule has 3 nitrogen and oxygen atoms in total. The van der Waals surface area contributed by atoms with E-state index in [0.29, 0.717) is 10.0 Å². The van der Waals surface area contributed by atoms with E-state index in [-0.39, 0.29) is 5.41 Å². The van der Waals surface area contributed by atoms with Gasteiger partial charge in [0.15, 0.2) is 11.0 Å². The summed E-state index contributed by atoms with van der Waals surface area (Å²) in [5, 5.41) is 10.9. The standard InChI is InChI=1S/C23H27Cl2N3S/c1-7-28-21(18-9-8-17(24)12-20(18)25)26-27-22(28)29-13-19-14(2)10-16(11-15(19)3)23(4,5)6/h8-12H,7,13H2,1-6H3. The molecule has 0 saturated carbocycles. The van der Waals surface area contributed by atoms with Gasteiger partial charge in [-0.15, -0.1) is 10.2 Å². The molecule has 0 unspecified atom stereocenters. The summed E-state index contributed by atoms with van der Waals surface area (Å²) in [5.74, 6) is 1.63. The van der Waals surface area contributed by atoms with Gasteiger partial charge in [-0.05, 0) is 66.6 Å². The van der Waals surface area contributed by atoms with Gasteiger partial charge in [-0.25, -0.2) is 0 Å². The Morgan fingerprint density at radius 1 is 1.00 bits per heavy atom. The predicted molar refractivity (Wildman–Crippen MR) is 125 cm³/mol. The van der Waals surface area contributed by atoms with Crippen LogP contribution in [0.5, 0.6) is 0 Å². The molecule has 0 spiro atoms. The van der Waals surface area contributed by atoms with E-state index in [2.05, 4.69) is 68.4 Å². The van der Waals surface area contributed by atoms with E-state index in [0.717, 1.165) is 28.8 Å². The molecule has 3 rings (SSSR count). The highest BCUT2D eigenvalue weighted by molar-refractivity contribution is 7.98. The number of hydrogen-bond donors (Lipinski definition) is 0. The molecule has 0 bridgehead atoms. The van der Waals surface area contributed by atoms with Gasteiger partial charge in [0.25, 0.3) is 0 Å². The first-order chi connectivity index (χ1) is 13.6. The largest absolute Gasteiger partial charge is 0.302 e. The Labute approximate surface area is 187 Å². The zero-order valence-electron chi connectivity index (χ0n) is 17.8. The fourth-order valence-electron chi connectivity index (χ4n) is 3.34. The van der Waals surface area contributed by atoms with Crippen LogP contribution < -0.4 is 0 Å². The summed E-state index contributed by atoms with van der Waals surface area (Å²) in [6.45, 7) is 14.0. The number of rotatable bonds is 5. The molecule has 0 saturated heterocycles. The van der Waals surface area contributed by atoms with Gasteiger partial charge in [-0.2, -0.15) is 0 Å². The molecule has 154 valence electrons. The molecule has 0 radical (unpaired) electrons. The quantitative estimate of drug-likeness (QED) is 0.379. The summed E-state index contributed by atoms with van der Waals surface area (Å²) >= 11 is 14.1. The Bertz CT molecular complexity index is 1010. The van der Waals surface area contributed by atoms with Gasteiger partial charge in [-0.1, -0.05) is 67.9 Å². The Morgan fingerprint density at radius 2 is 1.66 bits per heavy atom. The zero-order chi connectivity index (χ0) is 21.3. The molecule has 1 aromatic heterocycles. The Hall–Kier alpha value is -1.49. The van der Waals surface area contributed by atoms with Crippen molar-refractivity contribution in [3.05, 3.63) is 62.6 Å². The van der Waals surface area contributed by atoms with Crippen LogP contribution in [0.25, 0.3) is 11.4 Å². The zero-order valence-corrected chi connectivity index (χ0v) is 20.1. The van der Waals surface area contributed by atoms with Gasteiger partial charge in [0.1, 0.15) is 0 Å². The lowest BCUT2D eigenvalue weighted by Gasteiger charge is -2.22. The van der Waals surface area contributed by atoms with E-state index < -0.39 is 0 Å². The van der Waals surface area contributed by atoms with Crippen LogP contribution in [0, 0.1) is 13.8 Å². The molecule has 0 atom stereocenters. The molecule has 2 aromatic carbocycles. The molecule has 0 aliphatic heterocycles. The van der Waals surface area contributed by atoms with Crippen molar-refractivity contribution >= 4 is 35.0 Å². The maximum Gasteiger partial charge on any atom is 0.191 e. The minimum absolute atomic E-state index is 0.149. The van der Waals surface area contributed by atoms with Crippen molar-refractivity contribution in [1.29, 1.82) is 0 Å². The average molecular weight is 448 g/mol. The van der Waals surface area contributed by atoms with Crippen molar-refractivity contribution in [3.63, 3.8) is 0 Å². The van der Waals surface area contributed by atoms with E-state index in [4.69, 9.17) is 23.2 Å². The number of thioether (sulfide) groups is 1. The van der Waals surface area contributed by atoms with E-state index in [1.165, 1.54) is 22.3 Å². The van der Waals surface area contributed by atoms with E-state index >= 15 is 0 Å². The monoisotopic (exact) mass is 447 g/mol. The molecule has 0 amide bonds. The predicted octanol–water partition coefficient (Wildman–Crippen LogP) is 7.48. The minimum Gasteiger partial charge on any atom is -0.302 e. The third kappa shape index (κ3) is 4.82. The van der Waals surface area contributed by atoms with Crippen LogP contribution in [-0.2, 0) is 17.7 Å². The smallest absolute Gasteiger partial charge is 0.191 e. The molecule has 0 N–H and O–H groups in total. The molecule has 6 heteroatoms. The lowest BCUT2D eigenvalue weighted by atomic mass is 9.84. The number of benzene rings is 2. The number of nitrogens with zero attached hydrogens (tertiary/aromatic N) is 3. The van der Waals surface area contributed by atoms with E-state index in [1.54, 1.807) is 17.8 Å². The van der Waals surface area contributed by atoms with Gasteiger partial charge < -0.3 is 4.57 Å². The summed E-state index contributed by atoms with van der Waals surface area (Å²) in [5.41, 5.74) is 6.38. The van der Waals surface area contributed by atoms with E-state index in [9.17, 15) is 0 Å². The number of hydrogen-bond acceptors (Lipinski definition) is 3. The summed E-state index contributed by atoms with van der Waals surface area (Å²) < 4.78 is 2.11. The van der Waals surface area contributed by atoms with Crippen LogP contribution in [0.1, 0.15) is 49.9 Å². The number of halogens is 2. The summed E-state index contributed by atoms with van der Waals surface area (Å²) in [7, 11) is 0. The highest BCUT2D eigenvalue weighted by Gasteiger charge is 2.19. The van der Waals surface area contributed by atoms with Gasteiger partial charge in [0.2, 0.25) is 0 Å². The van der Waals surface area contributed by atoms with Gasteiger partial charge >= 0.3 is 0 Å². The fourth-order valence-corrected chi connectivity index (χ4v) is 5.03. The number of aromatic nitrogens is 3. The van der Waals surface area contributed by atoms with Gasteiger partial charge in [0, 0.05) is 22.9 Å². The van der Waals surface area contributed by atoms with Crippen molar-refractivity contribution in [2.45, 2.75) is 64.4 Å². The van der Waals surface area contributed by atoms with Crippen molar-refractivity contribution < 1.29 is 0 Å². The molecule has 0 aliphatic carbocycles. The first kappa shape index (κ1) is 22.2. The Kier molecular flexibility index (Phi) is 6.67. The Balaban J connectivity index is 1.88. The van der Waals surface area contributed by atoms with Crippen molar-refractivity contribution in [2.75, 3.05) is 0 Å². The summed E-state index contributed by atoms with van der Waals surface area (Å²) in [4.78, 5) is 0. The normalized spacial score (nSPS) is 11.9. The van der Waals surface area contributed by atoms with Crippen LogP contribution in [0.4, 0.5) is 0 Å². The Morgan fingerprint density at radius 3 is 2.21 bits per heavy atom. The topological polar surface area (TPSA) is 30.7 Å². The second-order valence-electron chi connectivity index (χ2n) is 8.30. The van der Waals surface area contributed by atoms with Gasteiger partial charge in [-0.3, -0.25) is 0 Å². The van der Waals surface area contributed by atoms with Crippen LogP contribution in [-0.4, -0.2) is 14.8 Å². The molecule has 0 fully saturated rings. The van der Waals surface area contributed by atoms with E-state index in [1.807, 2.05) is 12.1 Å². The van der Waals surface area contributed by atoms with Gasteiger partial charge in [0.05, 0.1) is 5.02 Å². The van der Waals surface area contributed by atoms with Crippen molar-refractivity contribution in [3.8, 4) is 11.4 Å². The second kappa shape index (κ2) is 8.71. The third-order valence-electron chi connectivity index (χ3n) is 5.11. The molecular weight excluding hydrogens is 421 g/mol.